The zero-order chi connectivity index (χ0) is 14.6. The summed E-state index contributed by atoms with van der Waals surface area (Å²) in [5.41, 5.74) is -1.13. The van der Waals surface area contributed by atoms with Gasteiger partial charge in [0, 0.05) is 13.1 Å². The summed E-state index contributed by atoms with van der Waals surface area (Å²) in [7, 11) is 0. The number of carbonyl (C=O) groups excluding carboxylic acids is 1. The van der Waals surface area contributed by atoms with Gasteiger partial charge in [-0.25, -0.2) is 9.59 Å². The van der Waals surface area contributed by atoms with Crippen molar-refractivity contribution in [3.63, 3.8) is 0 Å². The Morgan fingerprint density at radius 2 is 1.75 bits per heavy atom. The number of β-amino-alcohol motifs (C(OH)–C–C–N with tert-alkyl or cyclic N) is 1. The molecule has 0 aromatic heterocycles. The lowest BCUT2D eigenvalue weighted by molar-refractivity contribution is -0.145. The molecule has 114 valence electrons. The van der Waals surface area contributed by atoms with Gasteiger partial charge in [-0.2, -0.15) is 0 Å². The molecule has 6 nitrogen and oxygen atoms in total. The SMILES string of the molecule is O=C(NC1(C(=O)O)CCCCCC1)N1CCCC(O)C1. The first-order valence-electron chi connectivity index (χ1n) is 7.52. The topological polar surface area (TPSA) is 89.9 Å². The fourth-order valence-electron chi connectivity index (χ4n) is 3.15. The summed E-state index contributed by atoms with van der Waals surface area (Å²) in [5.74, 6) is -0.940. The molecular weight excluding hydrogens is 260 g/mol. The standard InChI is InChI=1S/C14H24N2O4/c17-11-6-5-9-16(10-11)13(20)15-14(12(18)19)7-3-1-2-4-8-14/h11,17H,1-10H2,(H,15,20)(H,18,19). The fourth-order valence-corrected chi connectivity index (χ4v) is 3.15. The highest BCUT2D eigenvalue weighted by atomic mass is 16.4. The number of rotatable bonds is 2. The molecule has 2 fully saturated rings. The molecule has 1 heterocycles. The van der Waals surface area contributed by atoms with Crippen LogP contribution in [0.1, 0.15) is 51.4 Å². The highest BCUT2D eigenvalue weighted by molar-refractivity contribution is 5.86. The van der Waals surface area contributed by atoms with E-state index in [0.29, 0.717) is 32.4 Å². The van der Waals surface area contributed by atoms with Gasteiger partial charge < -0.3 is 20.4 Å². The molecule has 3 N–H and O–H groups in total. The van der Waals surface area contributed by atoms with Gasteiger partial charge in [0.2, 0.25) is 0 Å². The van der Waals surface area contributed by atoms with Gasteiger partial charge in [-0.15, -0.1) is 0 Å². The Bertz CT molecular complexity index is 364. The summed E-state index contributed by atoms with van der Waals surface area (Å²) >= 11 is 0. The second-order valence-electron chi connectivity index (χ2n) is 5.97. The molecule has 2 rings (SSSR count). The average Bonchev–Trinajstić information content (AvgIpc) is 2.65. The van der Waals surface area contributed by atoms with Crippen molar-refractivity contribution in [2.75, 3.05) is 13.1 Å². The summed E-state index contributed by atoms with van der Waals surface area (Å²) in [6, 6.07) is -0.354. The zero-order valence-corrected chi connectivity index (χ0v) is 11.8. The normalized spacial score (nSPS) is 26.6. The van der Waals surface area contributed by atoms with Gasteiger partial charge in [0.15, 0.2) is 0 Å². The van der Waals surface area contributed by atoms with E-state index in [0.717, 1.165) is 32.1 Å². The Labute approximate surface area is 119 Å². The van der Waals surface area contributed by atoms with Gasteiger partial charge in [-0.1, -0.05) is 25.7 Å². The van der Waals surface area contributed by atoms with Crippen LogP contribution < -0.4 is 5.32 Å². The lowest BCUT2D eigenvalue weighted by Gasteiger charge is -2.35. The number of carbonyl (C=O) groups is 2. The van der Waals surface area contributed by atoms with Gasteiger partial charge >= 0.3 is 12.0 Å². The molecule has 1 saturated heterocycles. The molecule has 0 aromatic rings. The number of nitrogens with one attached hydrogen (secondary N) is 1. The number of amides is 2. The number of urea groups is 1. The summed E-state index contributed by atoms with van der Waals surface area (Å²) in [5, 5.41) is 21.9. The third-order valence-electron chi connectivity index (χ3n) is 4.40. The molecule has 1 atom stereocenters. The maximum atomic E-state index is 12.3. The van der Waals surface area contributed by atoms with Crippen LogP contribution in [0.4, 0.5) is 4.79 Å². The number of carboxylic acid groups (broad SMARTS) is 1. The van der Waals surface area contributed by atoms with E-state index in [9.17, 15) is 19.8 Å². The van der Waals surface area contributed by atoms with E-state index >= 15 is 0 Å². The number of aliphatic hydroxyl groups excluding tert-OH is 1. The first-order chi connectivity index (χ1) is 9.53. The van der Waals surface area contributed by atoms with Crippen molar-refractivity contribution in [1.29, 1.82) is 0 Å². The highest BCUT2D eigenvalue weighted by Gasteiger charge is 2.41. The molecule has 0 bridgehead atoms. The second-order valence-corrected chi connectivity index (χ2v) is 5.97. The van der Waals surface area contributed by atoms with Gasteiger partial charge in [0.05, 0.1) is 6.10 Å². The van der Waals surface area contributed by atoms with Crippen molar-refractivity contribution in [3.8, 4) is 0 Å². The van der Waals surface area contributed by atoms with Crippen LogP contribution in [0.2, 0.25) is 0 Å². The highest BCUT2D eigenvalue weighted by Crippen LogP contribution is 2.28. The van der Waals surface area contributed by atoms with Crippen molar-refractivity contribution in [3.05, 3.63) is 0 Å². The van der Waals surface area contributed by atoms with Crippen molar-refractivity contribution in [2.45, 2.75) is 63.0 Å². The number of nitrogens with zero attached hydrogens (tertiary/aromatic N) is 1. The zero-order valence-electron chi connectivity index (χ0n) is 11.8. The van der Waals surface area contributed by atoms with Gasteiger partial charge in [0.1, 0.15) is 5.54 Å². The Hall–Kier alpha value is -1.30. The minimum atomic E-state index is -1.13. The predicted octanol–water partition coefficient (Wildman–Crippen LogP) is 1.33. The number of aliphatic carboxylic acids is 1. The quantitative estimate of drug-likeness (QED) is 0.667. The summed E-state index contributed by atoms with van der Waals surface area (Å²) in [6.45, 7) is 0.875. The van der Waals surface area contributed by atoms with Crippen LogP contribution in [0.25, 0.3) is 0 Å². The van der Waals surface area contributed by atoms with Crippen molar-refractivity contribution in [1.82, 2.24) is 10.2 Å². The summed E-state index contributed by atoms with van der Waals surface area (Å²) < 4.78 is 0. The molecule has 0 radical (unpaired) electrons. The average molecular weight is 284 g/mol. The molecule has 0 aromatic carbocycles. The Balaban J connectivity index is 2.03. The molecule has 0 spiro atoms. The Morgan fingerprint density at radius 1 is 1.10 bits per heavy atom. The Kier molecular flexibility index (Phi) is 4.86. The van der Waals surface area contributed by atoms with Crippen LogP contribution in [0.5, 0.6) is 0 Å². The lowest BCUT2D eigenvalue weighted by atomic mass is 9.90. The fraction of sp³-hybridized carbons (Fsp3) is 0.857. The van der Waals surface area contributed by atoms with Crippen LogP contribution in [-0.2, 0) is 4.79 Å². The third kappa shape index (κ3) is 3.42. The minimum absolute atomic E-state index is 0.293. The molecule has 1 aliphatic carbocycles. The van der Waals surface area contributed by atoms with E-state index in [1.807, 2.05) is 0 Å². The number of piperidine rings is 1. The van der Waals surface area contributed by atoms with E-state index in [1.54, 1.807) is 0 Å². The maximum Gasteiger partial charge on any atom is 0.329 e. The molecule has 2 amide bonds. The van der Waals surface area contributed by atoms with Crippen molar-refractivity contribution < 1.29 is 19.8 Å². The van der Waals surface area contributed by atoms with Crippen LogP contribution in [0.3, 0.4) is 0 Å². The third-order valence-corrected chi connectivity index (χ3v) is 4.40. The molecule has 1 aliphatic heterocycles. The van der Waals surface area contributed by atoms with E-state index < -0.39 is 17.6 Å². The molecule has 1 saturated carbocycles. The number of hydrogen-bond acceptors (Lipinski definition) is 3. The summed E-state index contributed by atoms with van der Waals surface area (Å²) in [4.78, 5) is 25.4. The van der Waals surface area contributed by atoms with Crippen LogP contribution in [-0.4, -0.2) is 51.8 Å². The first-order valence-corrected chi connectivity index (χ1v) is 7.52. The molecule has 6 heteroatoms. The van der Waals surface area contributed by atoms with Gasteiger partial charge in [-0.3, -0.25) is 0 Å². The molecule has 1 unspecified atom stereocenters. The maximum absolute atomic E-state index is 12.3. The summed E-state index contributed by atoms with van der Waals surface area (Å²) in [6.07, 6.45) is 5.65. The van der Waals surface area contributed by atoms with Crippen molar-refractivity contribution >= 4 is 12.0 Å². The molecular formula is C14H24N2O4. The number of likely N-dealkylation sites (tertiary alicyclic amines) is 1. The van der Waals surface area contributed by atoms with Crippen molar-refractivity contribution in [2.24, 2.45) is 0 Å². The van der Waals surface area contributed by atoms with Crippen LogP contribution in [0, 0.1) is 0 Å². The Morgan fingerprint density at radius 3 is 2.30 bits per heavy atom. The smallest absolute Gasteiger partial charge is 0.329 e. The largest absolute Gasteiger partial charge is 0.480 e. The van der Waals surface area contributed by atoms with E-state index in [-0.39, 0.29) is 6.03 Å². The lowest BCUT2D eigenvalue weighted by Crippen LogP contribution is -2.59. The van der Waals surface area contributed by atoms with Gasteiger partial charge in [0.25, 0.3) is 0 Å². The molecule has 2 aliphatic rings. The minimum Gasteiger partial charge on any atom is -0.480 e. The van der Waals surface area contributed by atoms with Gasteiger partial charge in [-0.05, 0) is 25.7 Å². The predicted molar refractivity (Wildman–Crippen MR) is 73.4 cm³/mol. The second kappa shape index (κ2) is 6.43. The van der Waals surface area contributed by atoms with Crippen LogP contribution >= 0.6 is 0 Å². The number of carboxylic acids is 1. The number of aliphatic hydroxyl groups is 1. The molecule has 20 heavy (non-hydrogen) atoms. The van der Waals surface area contributed by atoms with Crippen LogP contribution in [0.15, 0.2) is 0 Å². The number of hydrogen-bond donors (Lipinski definition) is 3. The first kappa shape index (κ1) is 15.1. The van der Waals surface area contributed by atoms with E-state index in [1.165, 1.54) is 4.90 Å². The van der Waals surface area contributed by atoms with E-state index in [2.05, 4.69) is 5.32 Å². The monoisotopic (exact) mass is 284 g/mol. The van der Waals surface area contributed by atoms with E-state index in [4.69, 9.17) is 0 Å².